The zero-order chi connectivity index (χ0) is 9.30. The van der Waals surface area contributed by atoms with Gasteiger partial charge in [0.2, 0.25) is 0 Å². The largest absolute Gasteiger partial charge is 0.446 e. The van der Waals surface area contributed by atoms with Gasteiger partial charge in [0, 0.05) is 0 Å². The van der Waals surface area contributed by atoms with E-state index in [2.05, 4.69) is 19.1 Å². The third-order valence-electron chi connectivity index (χ3n) is 2.16. The lowest BCUT2D eigenvalue weighted by molar-refractivity contribution is 0.593. The van der Waals surface area contributed by atoms with Crippen LogP contribution in [-0.2, 0) is 0 Å². The Morgan fingerprint density at radius 1 is 1.08 bits per heavy atom. The van der Waals surface area contributed by atoms with Crippen LogP contribution in [0.5, 0.6) is 0 Å². The van der Waals surface area contributed by atoms with Crippen LogP contribution in [0.15, 0.2) is 12.1 Å². The number of benzene rings is 1. The molecule has 0 saturated heterocycles. The summed E-state index contributed by atoms with van der Waals surface area (Å²) in [4.78, 5) is 0. The Hall–Kier alpha value is -0.755. The molecule has 1 aromatic rings. The Balaban J connectivity index is 3.28. The molecule has 0 unspecified atom stereocenters. The second kappa shape index (κ2) is 3.32. The summed E-state index contributed by atoms with van der Waals surface area (Å²) in [5.41, 5.74) is 4.69. The minimum Gasteiger partial charge on any atom is -0.446 e. The Morgan fingerprint density at radius 3 is 1.83 bits per heavy atom. The fourth-order valence-electron chi connectivity index (χ4n) is 1.85. The molecule has 1 aromatic carbocycles. The van der Waals surface area contributed by atoms with E-state index in [9.17, 15) is 5.02 Å². The minimum atomic E-state index is -0.356. The van der Waals surface area contributed by atoms with Gasteiger partial charge in [-0.05, 0) is 26.2 Å². The van der Waals surface area contributed by atoms with Crippen molar-refractivity contribution in [1.29, 1.82) is 0 Å². The van der Waals surface area contributed by atoms with Crippen LogP contribution in [0.1, 0.15) is 16.7 Å². The lowest BCUT2D eigenvalue weighted by atomic mass is 9.61. The van der Waals surface area contributed by atoms with E-state index in [1.807, 2.05) is 20.7 Å². The van der Waals surface area contributed by atoms with Gasteiger partial charge in [-0.15, -0.1) is 0 Å². The first-order valence-corrected chi connectivity index (χ1v) is 4.28. The summed E-state index contributed by atoms with van der Waals surface area (Å²) >= 11 is 0. The summed E-state index contributed by atoms with van der Waals surface area (Å²) in [5, 5.41) is 9.48. The molecule has 0 atom stereocenters. The molecule has 2 heteroatoms. The maximum Gasteiger partial charge on any atom is 0.320 e. The smallest absolute Gasteiger partial charge is 0.320 e. The summed E-state index contributed by atoms with van der Waals surface area (Å²) in [5.74, 6) is 0. The van der Waals surface area contributed by atoms with E-state index in [1.54, 1.807) is 0 Å². The maximum absolute atomic E-state index is 9.48. The number of hydrogen-bond acceptors (Lipinski definition) is 1. The lowest BCUT2D eigenvalue weighted by Gasteiger charge is -2.10. The number of hydrogen-bond donors (Lipinski definition) is 1. The minimum absolute atomic E-state index is 0.356. The second-order valence-corrected chi connectivity index (χ2v) is 3.49. The van der Waals surface area contributed by atoms with Crippen LogP contribution < -0.4 is 5.46 Å². The quantitative estimate of drug-likeness (QED) is 0.619. The molecule has 0 aliphatic heterocycles. The van der Waals surface area contributed by atoms with Gasteiger partial charge in [0.15, 0.2) is 0 Å². The molecule has 1 rings (SSSR count). The van der Waals surface area contributed by atoms with Crippen molar-refractivity contribution < 1.29 is 5.02 Å². The average Bonchev–Trinajstić information content (AvgIpc) is 1.82. The van der Waals surface area contributed by atoms with Gasteiger partial charge < -0.3 is 5.02 Å². The van der Waals surface area contributed by atoms with Crippen LogP contribution in [0.2, 0.25) is 6.82 Å². The van der Waals surface area contributed by atoms with Crippen LogP contribution in [0, 0.1) is 20.8 Å². The molecule has 0 bridgehead atoms. The molecular formula is C10H15BO. The highest BCUT2D eigenvalue weighted by atomic mass is 16.2. The summed E-state index contributed by atoms with van der Waals surface area (Å²) in [6, 6.07) is 4.21. The Bertz CT molecular complexity index is 269. The molecule has 12 heavy (non-hydrogen) atoms. The lowest BCUT2D eigenvalue weighted by Crippen LogP contribution is -2.31. The van der Waals surface area contributed by atoms with Gasteiger partial charge >= 0.3 is 6.92 Å². The molecule has 64 valence electrons. The van der Waals surface area contributed by atoms with E-state index in [0.717, 1.165) is 5.46 Å². The zero-order valence-corrected chi connectivity index (χ0v) is 8.18. The molecule has 0 heterocycles. The first-order valence-electron chi connectivity index (χ1n) is 4.28. The van der Waals surface area contributed by atoms with Crippen LogP contribution in [0.25, 0.3) is 0 Å². The van der Waals surface area contributed by atoms with Crippen molar-refractivity contribution in [1.82, 2.24) is 0 Å². The Labute approximate surface area is 74.5 Å². The topological polar surface area (TPSA) is 20.2 Å². The van der Waals surface area contributed by atoms with Gasteiger partial charge in [-0.1, -0.05) is 35.6 Å². The van der Waals surface area contributed by atoms with Crippen LogP contribution in [0.4, 0.5) is 0 Å². The van der Waals surface area contributed by atoms with Gasteiger partial charge in [0.25, 0.3) is 0 Å². The maximum atomic E-state index is 9.48. The fraction of sp³-hybridized carbons (Fsp3) is 0.400. The molecule has 1 nitrogen and oxygen atoms in total. The van der Waals surface area contributed by atoms with Gasteiger partial charge in [-0.25, -0.2) is 0 Å². The highest BCUT2D eigenvalue weighted by Crippen LogP contribution is 2.06. The van der Waals surface area contributed by atoms with Crippen molar-refractivity contribution in [3.63, 3.8) is 0 Å². The van der Waals surface area contributed by atoms with Gasteiger partial charge in [-0.3, -0.25) is 0 Å². The van der Waals surface area contributed by atoms with Crippen molar-refractivity contribution in [2.24, 2.45) is 0 Å². The van der Waals surface area contributed by atoms with Crippen LogP contribution >= 0.6 is 0 Å². The highest BCUT2D eigenvalue weighted by molar-refractivity contribution is 6.65. The molecule has 0 radical (unpaired) electrons. The average molecular weight is 162 g/mol. The van der Waals surface area contributed by atoms with E-state index >= 15 is 0 Å². The molecule has 0 aromatic heterocycles. The van der Waals surface area contributed by atoms with Crippen molar-refractivity contribution in [3.8, 4) is 0 Å². The first-order chi connectivity index (χ1) is 5.52. The van der Waals surface area contributed by atoms with Crippen LogP contribution in [0.3, 0.4) is 0 Å². The van der Waals surface area contributed by atoms with E-state index in [4.69, 9.17) is 0 Å². The van der Waals surface area contributed by atoms with Gasteiger partial charge in [0.1, 0.15) is 0 Å². The standard InChI is InChI=1S/C10H15BO/c1-7-5-8(2)10(11(4)12)9(3)6-7/h5-6,12H,1-4H3. The predicted molar refractivity (Wildman–Crippen MR) is 54.1 cm³/mol. The molecule has 0 aliphatic carbocycles. The molecular weight excluding hydrogens is 147 g/mol. The highest BCUT2D eigenvalue weighted by Gasteiger charge is 2.12. The predicted octanol–water partition coefficient (Wildman–Crippen LogP) is 1.43. The first kappa shape index (κ1) is 9.33. The van der Waals surface area contributed by atoms with E-state index in [-0.39, 0.29) is 6.92 Å². The Kier molecular flexibility index (Phi) is 2.58. The summed E-state index contributed by atoms with van der Waals surface area (Å²) in [6.45, 7) is 7.62. The number of aryl methyl sites for hydroxylation is 3. The monoisotopic (exact) mass is 162 g/mol. The molecule has 0 fully saturated rings. The molecule has 0 amide bonds. The summed E-state index contributed by atoms with van der Waals surface area (Å²) in [7, 11) is 0. The zero-order valence-electron chi connectivity index (χ0n) is 8.18. The van der Waals surface area contributed by atoms with E-state index in [0.29, 0.717) is 0 Å². The second-order valence-electron chi connectivity index (χ2n) is 3.49. The van der Waals surface area contributed by atoms with Crippen LogP contribution in [-0.4, -0.2) is 11.9 Å². The molecule has 0 saturated carbocycles. The third kappa shape index (κ3) is 1.70. The van der Waals surface area contributed by atoms with E-state index < -0.39 is 0 Å². The summed E-state index contributed by atoms with van der Waals surface area (Å²) in [6.07, 6.45) is 0. The molecule has 1 N–H and O–H groups in total. The van der Waals surface area contributed by atoms with Crippen molar-refractivity contribution in [2.75, 3.05) is 0 Å². The Morgan fingerprint density at radius 2 is 1.50 bits per heavy atom. The number of rotatable bonds is 1. The summed E-state index contributed by atoms with van der Waals surface area (Å²) < 4.78 is 0. The SMILES string of the molecule is CB(O)c1c(C)cc(C)cc1C. The van der Waals surface area contributed by atoms with Crippen molar-refractivity contribution in [3.05, 3.63) is 28.8 Å². The molecule has 0 aliphatic rings. The van der Waals surface area contributed by atoms with Gasteiger partial charge in [0.05, 0.1) is 0 Å². The van der Waals surface area contributed by atoms with E-state index in [1.165, 1.54) is 16.7 Å². The van der Waals surface area contributed by atoms with Crippen molar-refractivity contribution >= 4 is 12.4 Å². The normalized spacial score (nSPS) is 10.1. The van der Waals surface area contributed by atoms with Crippen molar-refractivity contribution in [2.45, 2.75) is 27.6 Å². The third-order valence-corrected chi connectivity index (χ3v) is 2.16. The van der Waals surface area contributed by atoms with Gasteiger partial charge in [-0.2, -0.15) is 0 Å². The molecule has 0 spiro atoms. The fourth-order valence-corrected chi connectivity index (χ4v) is 1.85.